The Hall–Kier alpha value is -1.45. The van der Waals surface area contributed by atoms with Crippen LogP contribution in [0.25, 0.3) is 0 Å². The number of hydrogen-bond donors (Lipinski definition) is 2. The molecule has 4 nitrogen and oxygen atoms in total. The van der Waals surface area contributed by atoms with Crippen LogP contribution >= 0.6 is 0 Å². The van der Waals surface area contributed by atoms with Gasteiger partial charge in [0, 0.05) is 0 Å². The number of pyridine rings is 1. The molecule has 1 rings (SSSR count). The molecule has 0 saturated carbocycles. The zero-order chi connectivity index (χ0) is 6.85. The molecular weight excluding hydrogens is 118 g/mol. The van der Waals surface area contributed by atoms with Crippen LogP contribution in [0.1, 0.15) is 0 Å². The van der Waals surface area contributed by atoms with Gasteiger partial charge in [-0.3, -0.25) is 0 Å². The second-order valence-electron chi connectivity index (χ2n) is 1.76. The predicted molar refractivity (Wildman–Crippen MR) is 34.2 cm³/mol. The fourth-order valence-corrected chi connectivity index (χ4v) is 0.598. The van der Waals surface area contributed by atoms with Crippen molar-refractivity contribution in [1.82, 2.24) is 0 Å². The van der Waals surface area contributed by atoms with Gasteiger partial charge < -0.3 is 16.7 Å². The van der Waals surface area contributed by atoms with Crippen molar-refractivity contribution in [3.8, 4) is 0 Å². The van der Waals surface area contributed by atoms with E-state index in [-0.39, 0.29) is 0 Å². The van der Waals surface area contributed by atoms with Crippen molar-refractivity contribution in [3.05, 3.63) is 23.7 Å². The second kappa shape index (κ2) is 1.81. The fourth-order valence-electron chi connectivity index (χ4n) is 0.598. The minimum atomic E-state index is 0.380. The van der Waals surface area contributed by atoms with Gasteiger partial charge in [-0.15, -0.1) is 0 Å². The molecule has 0 spiro atoms. The van der Waals surface area contributed by atoms with Gasteiger partial charge in [-0.05, 0) is 6.07 Å². The SMILES string of the molecule is Nc1cc(N)c[n+]([O-])c1. The van der Waals surface area contributed by atoms with Gasteiger partial charge in [0.1, 0.15) is 0 Å². The molecule has 0 atom stereocenters. The molecule has 0 aliphatic heterocycles. The third kappa shape index (κ3) is 1.22. The van der Waals surface area contributed by atoms with Gasteiger partial charge in [-0.1, -0.05) is 0 Å². The maximum atomic E-state index is 10.5. The van der Waals surface area contributed by atoms with Crippen LogP contribution < -0.4 is 16.2 Å². The Morgan fingerprint density at radius 2 is 1.67 bits per heavy atom. The van der Waals surface area contributed by atoms with Gasteiger partial charge in [0.25, 0.3) is 0 Å². The zero-order valence-corrected chi connectivity index (χ0v) is 4.74. The summed E-state index contributed by atoms with van der Waals surface area (Å²) in [4.78, 5) is 0. The van der Waals surface area contributed by atoms with Crippen molar-refractivity contribution in [1.29, 1.82) is 0 Å². The number of nitrogens with zero attached hydrogens (tertiary/aromatic N) is 1. The van der Waals surface area contributed by atoms with E-state index in [9.17, 15) is 5.21 Å². The lowest BCUT2D eigenvalue weighted by Gasteiger charge is -1.96. The van der Waals surface area contributed by atoms with Crippen molar-refractivity contribution in [2.24, 2.45) is 0 Å². The van der Waals surface area contributed by atoms with Gasteiger partial charge in [0.05, 0.1) is 11.4 Å². The molecule has 9 heavy (non-hydrogen) atoms. The highest BCUT2D eigenvalue weighted by atomic mass is 16.5. The van der Waals surface area contributed by atoms with Crippen molar-refractivity contribution in [2.45, 2.75) is 0 Å². The lowest BCUT2D eigenvalue weighted by atomic mass is 10.4. The molecule has 0 aliphatic carbocycles. The molecule has 0 saturated heterocycles. The topological polar surface area (TPSA) is 79.0 Å². The lowest BCUT2D eigenvalue weighted by Crippen LogP contribution is -2.25. The molecular formula is C5H7N3O. The summed E-state index contributed by atoms with van der Waals surface area (Å²) >= 11 is 0. The molecule has 0 aromatic carbocycles. The van der Waals surface area contributed by atoms with E-state index in [0.717, 1.165) is 0 Å². The first kappa shape index (κ1) is 5.68. The van der Waals surface area contributed by atoms with Crippen LogP contribution in [-0.2, 0) is 0 Å². The lowest BCUT2D eigenvalue weighted by molar-refractivity contribution is -0.603. The van der Waals surface area contributed by atoms with Crippen LogP contribution in [0.5, 0.6) is 0 Å². The van der Waals surface area contributed by atoms with Crippen molar-refractivity contribution in [3.63, 3.8) is 0 Å². The van der Waals surface area contributed by atoms with Gasteiger partial charge in [-0.25, -0.2) is 0 Å². The molecule has 0 fully saturated rings. The van der Waals surface area contributed by atoms with Gasteiger partial charge in [0.15, 0.2) is 0 Å². The first-order valence-electron chi connectivity index (χ1n) is 2.43. The van der Waals surface area contributed by atoms with E-state index < -0.39 is 0 Å². The van der Waals surface area contributed by atoms with Crippen LogP contribution in [0.15, 0.2) is 18.5 Å². The Labute approximate surface area is 52.3 Å². The zero-order valence-electron chi connectivity index (χ0n) is 4.74. The monoisotopic (exact) mass is 125 g/mol. The number of rotatable bonds is 0. The molecule has 0 amide bonds. The average Bonchev–Trinajstić information content (AvgIpc) is 1.59. The number of anilines is 2. The van der Waals surface area contributed by atoms with E-state index in [2.05, 4.69) is 0 Å². The Morgan fingerprint density at radius 3 is 2.00 bits per heavy atom. The maximum Gasteiger partial charge on any atom is 0.203 e. The van der Waals surface area contributed by atoms with Crippen LogP contribution in [0.2, 0.25) is 0 Å². The third-order valence-electron chi connectivity index (χ3n) is 0.886. The number of aromatic nitrogens is 1. The van der Waals surface area contributed by atoms with Crippen molar-refractivity contribution in [2.75, 3.05) is 11.5 Å². The normalized spacial score (nSPS) is 9.33. The highest BCUT2D eigenvalue weighted by Gasteiger charge is 1.93. The summed E-state index contributed by atoms with van der Waals surface area (Å²) in [6.07, 6.45) is 2.49. The van der Waals surface area contributed by atoms with E-state index in [1.165, 1.54) is 18.5 Å². The largest absolute Gasteiger partial charge is 0.619 e. The smallest absolute Gasteiger partial charge is 0.203 e. The van der Waals surface area contributed by atoms with Gasteiger partial charge in [0.2, 0.25) is 12.4 Å². The number of hydrogen-bond acceptors (Lipinski definition) is 3. The molecule has 4 heteroatoms. The second-order valence-corrected chi connectivity index (χ2v) is 1.76. The standard InChI is InChI=1S/C5H7N3O/c6-4-1-5(7)3-8(9)2-4/h1-3H,6-7H2. The van der Waals surface area contributed by atoms with Gasteiger partial charge in [-0.2, -0.15) is 4.73 Å². The molecule has 1 heterocycles. The van der Waals surface area contributed by atoms with E-state index in [4.69, 9.17) is 11.5 Å². The van der Waals surface area contributed by atoms with E-state index in [0.29, 0.717) is 16.1 Å². The van der Waals surface area contributed by atoms with Gasteiger partial charge >= 0.3 is 0 Å². The summed E-state index contributed by atoms with van der Waals surface area (Å²) in [6.45, 7) is 0. The third-order valence-corrected chi connectivity index (χ3v) is 0.886. The minimum absolute atomic E-state index is 0.380. The first-order valence-corrected chi connectivity index (χ1v) is 2.43. The molecule has 0 aliphatic rings. The van der Waals surface area contributed by atoms with E-state index >= 15 is 0 Å². The number of nitrogens with two attached hydrogens (primary N) is 2. The Kier molecular flexibility index (Phi) is 1.14. The highest BCUT2D eigenvalue weighted by Crippen LogP contribution is 2.01. The average molecular weight is 125 g/mol. The fraction of sp³-hybridized carbons (Fsp3) is 0. The summed E-state index contributed by atoms with van der Waals surface area (Å²) in [7, 11) is 0. The quantitative estimate of drug-likeness (QED) is 0.362. The molecule has 1 aromatic heterocycles. The molecule has 0 radical (unpaired) electrons. The van der Waals surface area contributed by atoms with Crippen LogP contribution in [-0.4, -0.2) is 0 Å². The molecule has 4 N–H and O–H groups in total. The van der Waals surface area contributed by atoms with Crippen LogP contribution in [0.4, 0.5) is 11.4 Å². The molecule has 1 aromatic rings. The Bertz CT molecular complexity index is 173. The Balaban J connectivity index is 3.17. The maximum absolute atomic E-state index is 10.5. The van der Waals surface area contributed by atoms with Crippen molar-refractivity contribution >= 4 is 11.4 Å². The van der Waals surface area contributed by atoms with Crippen LogP contribution in [0.3, 0.4) is 0 Å². The highest BCUT2D eigenvalue weighted by molar-refractivity contribution is 5.45. The summed E-state index contributed by atoms with van der Waals surface area (Å²) in [5.74, 6) is 0. The minimum Gasteiger partial charge on any atom is -0.619 e. The van der Waals surface area contributed by atoms with Crippen LogP contribution in [0, 0.1) is 5.21 Å². The summed E-state index contributed by atoms with van der Waals surface area (Å²) in [6, 6.07) is 1.52. The molecule has 0 unspecified atom stereocenters. The number of nitrogen functional groups attached to an aromatic ring is 2. The van der Waals surface area contributed by atoms with E-state index in [1.807, 2.05) is 0 Å². The predicted octanol–water partition coefficient (Wildman–Crippen LogP) is -0.516. The summed E-state index contributed by atoms with van der Waals surface area (Å²) < 4.78 is 0.574. The Morgan fingerprint density at radius 1 is 1.22 bits per heavy atom. The van der Waals surface area contributed by atoms with Crippen molar-refractivity contribution < 1.29 is 4.73 Å². The summed E-state index contributed by atoms with van der Waals surface area (Å²) in [5.41, 5.74) is 11.3. The van der Waals surface area contributed by atoms with E-state index in [1.54, 1.807) is 0 Å². The first-order chi connectivity index (χ1) is 4.18. The molecule has 48 valence electrons. The summed E-state index contributed by atoms with van der Waals surface area (Å²) in [5, 5.41) is 10.5. The molecule has 0 bridgehead atoms.